The van der Waals surface area contributed by atoms with Gasteiger partial charge in [0.05, 0.1) is 28.2 Å². The number of aliphatic hydroxyl groups excluding tert-OH is 1. The summed E-state index contributed by atoms with van der Waals surface area (Å²) in [6, 6.07) is -2.24. The van der Waals surface area contributed by atoms with Gasteiger partial charge in [0.15, 0.2) is 11.9 Å². The molecule has 6 saturated carbocycles. The molecule has 5 N–H and O–H groups in total. The quantitative estimate of drug-likeness (QED) is 0.124. The van der Waals surface area contributed by atoms with E-state index in [0.717, 1.165) is 64.0 Å². The Morgan fingerprint density at radius 1 is 0.678 bits per heavy atom. The van der Waals surface area contributed by atoms with Gasteiger partial charge in [-0.25, -0.2) is 39.4 Å². The van der Waals surface area contributed by atoms with Crippen LogP contribution in [0.4, 0.5) is 0 Å². The summed E-state index contributed by atoms with van der Waals surface area (Å²) in [7, 11) is -11.1. The number of ketones is 1. The van der Waals surface area contributed by atoms with Crippen molar-refractivity contribution < 1.29 is 44.7 Å². The molecule has 340 valence electrons. The zero-order valence-corrected chi connectivity index (χ0v) is 38.7. The van der Waals surface area contributed by atoms with Crippen molar-refractivity contribution in [2.75, 3.05) is 12.9 Å². The maximum atomic E-state index is 14.4. The van der Waals surface area contributed by atoms with Crippen LogP contribution in [-0.4, -0.2) is 107 Å². The summed E-state index contributed by atoms with van der Waals surface area (Å²) in [4.78, 5) is 28.3. The molecular weight excluding hydrogens is 840 g/mol. The highest BCUT2D eigenvalue weighted by Gasteiger charge is 2.49. The second-order valence-electron chi connectivity index (χ2n) is 20.0. The second kappa shape index (κ2) is 19.4. The van der Waals surface area contributed by atoms with Gasteiger partial charge in [0.25, 0.3) is 5.91 Å². The van der Waals surface area contributed by atoms with Gasteiger partial charge < -0.3 is 15.2 Å². The number of rotatable bonds is 14. The van der Waals surface area contributed by atoms with Crippen LogP contribution >= 0.6 is 11.6 Å². The van der Waals surface area contributed by atoms with Crippen LogP contribution in [0.3, 0.4) is 0 Å². The van der Waals surface area contributed by atoms with E-state index in [1.54, 1.807) is 20.8 Å². The number of aliphatic hydroxyl groups is 1. The summed E-state index contributed by atoms with van der Waals surface area (Å²) >= 11 is 6.81. The molecule has 0 heterocycles. The number of amides is 1. The fourth-order valence-corrected chi connectivity index (χ4v) is 17.1. The first-order valence-electron chi connectivity index (χ1n) is 22.4. The molecule has 59 heavy (non-hydrogen) atoms. The van der Waals surface area contributed by atoms with Crippen molar-refractivity contribution in [3.05, 3.63) is 0 Å². The second-order valence-corrected chi connectivity index (χ2v) is 26.2. The van der Waals surface area contributed by atoms with Crippen LogP contribution < -0.4 is 19.5 Å². The third-order valence-electron chi connectivity index (χ3n) is 14.7. The normalized spacial score (nSPS) is 38.0. The Morgan fingerprint density at radius 2 is 1.31 bits per heavy atom. The highest BCUT2D eigenvalue weighted by Crippen LogP contribution is 2.45. The van der Waals surface area contributed by atoms with Crippen molar-refractivity contribution in [2.24, 2.45) is 35.0 Å². The smallest absolute Gasteiger partial charge is 0.257 e. The predicted molar refractivity (Wildman–Crippen MR) is 228 cm³/mol. The molecule has 14 atom stereocenters. The Balaban J connectivity index is 1.16. The van der Waals surface area contributed by atoms with Gasteiger partial charge in [0.1, 0.15) is 0 Å². The molecule has 6 fully saturated rings. The molecule has 0 bridgehead atoms. The molecule has 0 aromatic rings. The number of ether oxygens (including phenoxy) is 1. The van der Waals surface area contributed by atoms with Gasteiger partial charge in [-0.1, -0.05) is 65.7 Å². The molecule has 6 rings (SSSR count). The summed E-state index contributed by atoms with van der Waals surface area (Å²) in [5.41, 5.74) is -1.00. The minimum Gasteiger partial charge on any atom is -0.396 e. The molecule has 14 unspecified atom stereocenters. The fraction of sp³-hybridized carbons (Fsp3) is 0.951. The van der Waals surface area contributed by atoms with Crippen LogP contribution in [-0.2, 0) is 44.4 Å². The zero-order valence-electron chi connectivity index (χ0n) is 35.4. The van der Waals surface area contributed by atoms with E-state index in [1.165, 1.54) is 0 Å². The fourth-order valence-electron chi connectivity index (χ4n) is 11.8. The predicted octanol–water partition coefficient (Wildman–Crippen LogP) is 4.25. The largest absolute Gasteiger partial charge is 0.396 e. The number of Topliss-reactive ketones (excluding diaryl/α,β-unsaturated/α-hetero) is 1. The average Bonchev–Trinajstić information content (AvgIpc) is 3.17. The van der Waals surface area contributed by atoms with Crippen LogP contribution in [0.25, 0.3) is 0 Å². The van der Waals surface area contributed by atoms with E-state index in [9.17, 15) is 39.9 Å². The number of alkyl halides is 1. The van der Waals surface area contributed by atoms with Crippen molar-refractivity contribution in [3.63, 3.8) is 0 Å². The van der Waals surface area contributed by atoms with Gasteiger partial charge in [0, 0.05) is 36.2 Å². The number of fused-ring (bicyclic) bond motifs is 2. The third-order valence-corrected chi connectivity index (χ3v) is 20.0. The van der Waals surface area contributed by atoms with Crippen molar-refractivity contribution in [1.82, 2.24) is 19.5 Å². The van der Waals surface area contributed by atoms with E-state index in [1.807, 2.05) is 0 Å². The number of halogens is 1. The maximum Gasteiger partial charge on any atom is 0.257 e. The highest BCUT2D eigenvalue weighted by molar-refractivity contribution is 7.90. The van der Waals surface area contributed by atoms with Crippen molar-refractivity contribution in [3.8, 4) is 0 Å². The molecule has 0 aromatic carbocycles. The van der Waals surface area contributed by atoms with Gasteiger partial charge >= 0.3 is 0 Å². The van der Waals surface area contributed by atoms with Gasteiger partial charge in [0.2, 0.25) is 30.1 Å². The lowest BCUT2D eigenvalue weighted by Gasteiger charge is -2.46. The van der Waals surface area contributed by atoms with Gasteiger partial charge in [-0.05, 0) is 107 Å². The summed E-state index contributed by atoms with van der Waals surface area (Å²) in [6.45, 7) is 4.91. The molecular formula is C41H71ClN4O10S3. The number of hydrogen-bond acceptors (Lipinski definition) is 10. The molecule has 14 nitrogen and oxygen atoms in total. The number of carbonyl (C=O) groups is 2. The number of sulfonamides is 3. The Labute approximate surface area is 358 Å². The van der Waals surface area contributed by atoms with E-state index in [4.69, 9.17) is 16.3 Å². The Bertz CT molecular complexity index is 1810. The third kappa shape index (κ3) is 11.8. The molecule has 0 spiro atoms. The lowest BCUT2D eigenvalue weighted by molar-refractivity contribution is -0.156. The lowest BCUT2D eigenvalue weighted by atomic mass is 9.68. The standard InChI is InChI=1S/C41H71ClN4O10S3/c1-41(2,3)39(48)38(40(49)43-33-23-27(17-18-31(33)42)44-58(52,53)36-15-9-11-26-10-5-6-12-28(26)36)56-35-20-16-25(24-47)22-34(35)46-59(54,55)37-21-19-32(45-57(4,50)51)29-13-7-8-14-30(29)37/h25-38,44-47H,5-24H2,1-4H3,(H,43,49). The van der Waals surface area contributed by atoms with Crippen molar-refractivity contribution in [2.45, 2.75) is 195 Å². The minimum absolute atomic E-state index is 0.119. The van der Waals surface area contributed by atoms with Crippen molar-refractivity contribution in [1.29, 1.82) is 0 Å². The molecule has 18 heteroatoms. The Hall–Kier alpha value is -0.920. The number of carbonyl (C=O) groups excluding carboxylic acids is 2. The summed E-state index contributed by atoms with van der Waals surface area (Å²) < 4.78 is 96.0. The molecule has 0 radical (unpaired) electrons. The first kappa shape index (κ1) is 47.6. The summed E-state index contributed by atoms with van der Waals surface area (Å²) in [5.74, 6) is -1.15. The molecule has 6 aliphatic rings. The van der Waals surface area contributed by atoms with E-state index < -0.39 is 93.4 Å². The Kier molecular flexibility index (Phi) is 15.7. The van der Waals surface area contributed by atoms with E-state index in [0.29, 0.717) is 50.9 Å². The van der Waals surface area contributed by atoms with Crippen LogP contribution in [0.5, 0.6) is 0 Å². The van der Waals surface area contributed by atoms with Crippen LogP contribution in [0, 0.1) is 35.0 Å². The maximum absolute atomic E-state index is 14.4. The minimum atomic E-state index is -4.00. The number of hydrogen-bond donors (Lipinski definition) is 5. The van der Waals surface area contributed by atoms with E-state index in [-0.39, 0.29) is 55.6 Å². The zero-order chi connectivity index (χ0) is 42.9. The summed E-state index contributed by atoms with van der Waals surface area (Å²) in [5, 5.41) is 11.4. The van der Waals surface area contributed by atoms with Crippen LogP contribution in [0.2, 0.25) is 0 Å². The topological polar surface area (TPSA) is 214 Å². The van der Waals surface area contributed by atoms with Crippen LogP contribution in [0.15, 0.2) is 0 Å². The average molecular weight is 912 g/mol. The Morgan fingerprint density at radius 3 is 1.98 bits per heavy atom. The summed E-state index contributed by atoms with van der Waals surface area (Å²) in [6.07, 6.45) is 11.6. The van der Waals surface area contributed by atoms with E-state index in [2.05, 4.69) is 19.5 Å². The molecule has 0 saturated heterocycles. The lowest BCUT2D eigenvalue weighted by Crippen LogP contribution is -2.59. The number of nitrogens with one attached hydrogen (secondary N) is 4. The molecule has 0 aliphatic heterocycles. The van der Waals surface area contributed by atoms with E-state index >= 15 is 0 Å². The first-order chi connectivity index (χ1) is 27.7. The highest BCUT2D eigenvalue weighted by atomic mass is 35.5. The molecule has 0 aromatic heterocycles. The van der Waals surface area contributed by atoms with Crippen LogP contribution in [0.1, 0.15) is 143 Å². The van der Waals surface area contributed by atoms with Gasteiger partial charge in [-0.15, -0.1) is 11.6 Å². The monoisotopic (exact) mass is 910 g/mol. The molecule has 1 amide bonds. The van der Waals surface area contributed by atoms with Crippen molar-refractivity contribution >= 4 is 53.4 Å². The first-order valence-corrected chi connectivity index (χ1v) is 27.8. The van der Waals surface area contributed by atoms with Gasteiger partial charge in [-0.2, -0.15) is 0 Å². The van der Waals surface area contributed by atoms with Gasteiger partial charge in [-0.3, -0.25) is 9.59 Å². The SMILES string of the molecule is CC(C)(C)C(=O)C(OC1CCC(CO)CC1NS(=O)(=O)C1CCC(NS(C)(=O)=O)C2CCCCC21)C(=O)NC1CC(NS(=O)(=O)C2CCCC3CCCCC32)CCC1Cl. The molecule has 6 aliphatic carbocycles.